The fourth-order valence-electron chi connectivity index (χ4n) is 2.47. The SMILES string of the molecule is CC(C)O[C@@H]1OC(CN)[C@H](C(C)C)C(N)[C@@H]1O. The van der Waals surface area contributed by atoms with E-state index in [9.17, 15) is 5.11 Å². The van der Waals surface area contributed by atoms with Crippen molar-refractivity contribution in [2.45, 2.75) is 58.3 Å². The van der Waals surface area contributed by atoms with E-state index < -0.39 is 12.4 Å². The molecule has 102 valence electrons. The van der Waals surface area contributed by atoms with Gasteiger partial charge in [0.15, 0.2) is 6.29 Å². The third-order valence-electron chi connectivity index (χ3n) is 3.26. The molecule has 5 N–H and O–H groups in total. The van der Waals surface area contributed by atoms with E-state index in [-0.39, 0.29) is 24.2 Å². The van der Waals surface area contributed by atoms with Gasteiger partial charge >= 0.3 is 0 Å². The molecule has 0 saturated carbocycles. The molecule has 1 aliphatic rings. The minimum Gasteiger partial charge on any atom is -0.386 e. The molecule has 0 aromatic carbocycles. The highest BCUT2D eigenvalue weighted by Crippen LogP contribution is 2.30. The molecular formula is C12H26N2O3. The summed E-state index contributed by atoms with van der Waals surface area (Å²) in [5.74, 6) is 0.371. The molecule has 0 aromatic rings. The van der Waals surface area contributed by atoms with Gasteiger partial charge in [-0.1, -0.05) is 13.8 Å². The Kier molecular flexibility index (Phi) is 5.34. The average molecular weight is 246 g/mol. The maximum absolute atomic E-state index is 10.1. The zero-order valence-corrected chi connectivity index (χ0v) is 11.2. The second kappa shape index (κ2) is 6.11. The Hall–Kier alpha value is -0.200. The molecule has 0 bridgehead atoms. The van der Waals surface area contributed by atoms with Crippen molar-refractivity contribution in [3.8, 4) is 0 Å². The first-order chi connectivity index (χ1) is 7.88. The lowest BCUT2D eigenvalue weighted by molar-refractivity contribution is -0.273. The largest absolute Gasteiger partial charge is 0.386 e. The van der Waals surface area contributed by atoms with Gasteiger partial charge in [0.25, 0.3) is 0 Å². The summed E-state index contributed by atoms with van der Waals surface area (Å²) in [5, 5.41) is 10.1. The molecule has 2 unspecified atom stereocenters. The summed E-state index contributed by atoms with van der Waals surface area (Å²) >= 11 is 0. The van der Waals surface area contributed by atoms with Crippen LogP contribution in [0.15, 0.2) is 0 Å². The predicted molar refractivity (Wildman–Crippen MR) is 66.2 cm³/mol. The molecule has 5 atom stereocenters. The van der Waals surface area contributed by atoms with Crippen molar-refractivity contribution in [1.82, 2.24) is 0 Å². The number of nitrogens with two attached hydrogens (primary N) is 2. The van der Waals surface area contributed by atoms with Gasteiger partial charge in [0, 0.05) is 18.5 Å². The summed E-state index contributed by atoms with van der Waals surface area (Å²) in [6.07, 6.45) is -1.64. The van der Waals surface area contributed by atoms with Crippen LogP contribution >= 0.6 is 0 Å². The summed E-state index contributed by atoms with van der Waals surface area (Å²) in [5.41, 5.74) is 11.8. The molecule has 5 nitrogen and oxygen atoms in total. The summed E-state index contributed by atoms with van der Waals surface area (Å²) < 4.78 is 11.3. The van der Waals surface area contributed by atoms with E-state index in [2.05, 4.69) is 13.8 Å². The lowest BCUT2D eigenvalue weighted by atomic mass is 9.79. The third-order valence-corrected chi connectivity index (χ3v) is 3.26. The Morgan fingerprint density at radius 1 is 1.29 bits per heavy atom. The van der Waals surface area contributed by atoms with Crippen LogP contribution in [0.25, 0.3) is 0 Å². The van der Waals surface area contributed by atoms with Crippen LogP contribution in [0.4, 0.5) is 0 Å². The maximum Gasteiger partial charge on any atom is 0.185 e. The third kappa shape index (κ3) is 3.39. The molecule has 0 aromatic heterocycles. The van der Waals surface area contributed by atoms with Crippen LogP contribution in [0.2, 0.25) is 0 Å². The molecule has 0 aliphatic carbocycles. The van der Waals surface area contributed by atoms with Gasteiger partial charge in [-0.15, -0.1) is 0 Å². The first kappa shape index (κ1) is 14.9. The lowest BCUT2D eigenvalue weighted by Crippen LogP contribution is -2.62. The standard InChI is InChI=1S/C12H26N2O3/c1-6(2)9-8(5-13)17-12(16-7(3)4)11(15)10(9)14/h6-12,15H,5,13-14H2,1-4H3/t8?,9-,10?,11-,12+/m0/s1. The van der Waals surface area contributed by atoms with Gasteiger partial charge in [-0.05, 0) is 19.8 Å². The predicted octanol–water partition coefficient (Wildman–Crippen LogP) is 0.0554. The molecule has 5 heteroatoms. The van der Waals surface area contributed by atoms with Gasteiger partial charge in [-0.25, -0.2) is 0 Å². The smallest absolute Gasteiger partial charge is 0.185 e. The van der Waals surface area contributed by atoms with Gasteiger partial charge in [-0.2, -0.15) is 0 Å². The Morgan fingerprint density at radius 2 is 1.88 bits per heavy atom. The second-order valence-corrected chi connectivity index (χ2v) is 5.35. The van der Waals surface area contributed by atoms with Crippen LogP contribution in [0, 0.1) is 11.8 Å². The molecule has 17 heavy (non-hydrogen) atoms. The molecule has 0 amide bonds. The molecule has 0 radical (unpaired) electrons. The van der Waals surface area contributed by atoms with Crippen molar-refractivity contribution in [3.05, 3.63) is 0 Å². The van der Waals surface area contributed by atoms with Crippen molar-refractivity contribution in [2.24, 2.45) is 23.3 Å². The van der Waals surface area contributed by atoms with Crippen LogP contribution in [0.3, 0.4) is 0 Å². The number of aliphatic hydroxyl groups is 1. The lowest BCUT2D eigenvalue weighted by Gasteiger charge is -2.45. The fraction of sp³-hybridized carbons (Fsp3) is 1.00. The van der Waals surface area contributed by atoms with Crippen LogP contribution in [0.1, 0.15) is 27.7 Å². The van der Waals surface area contributed by atoms with E-state index in [1.165, 1.54) is 0 Å². The van der Waals surface area contributed by atoms with Gasteiger partial charge in [0.1, 0.15) is 6.10 Å². The molecule has 1 saturated heterocycles. The Morgan fingerprint density at radius 3 is 2.29 bits per heavy atom. The fourth-order valence-corrected chi connectivity index (χ4v) is 2.47. The summed E-state index contributed by atoms with van der Waals surface area (Å²) in [6, 6.07) is -0.360. The number of hydrogen-bond acceptors (Lipinski definition) is 5. The van der Waals surface area contributed by atoms with Gasteiger partial charge in [0.05, 0.1) is 12.2 Å². The topological polar surface area (TPSA) is 90.7 Å². The monoisotopic (exact) mass is 246 g/mol. The number of ether oxygens (including phenoxy) is 2. The zero-order valence-electron chi connectivity index (χ0n) is 11.2. The first-order valence-electron chi connectivity index (χ1n) is 6.33. The van der Waals surface area contributed by atoms with Crippen molar-refractivity contribution in [3.63, 3.8) is 0 Å². The van der Waals surface area contributed by atoms with Crippen LogP contribution in [-0.2, 0) is 9.47 Å². The number of aliphatic hydroxyl groups excluding tert-OH is 1. The van der Waals surface area contributed by atoms with E-state index >= 15 is 0 Å². The minimum atomic E-state index is -0.799. The van der Waals surface area contributed by atoms with Crippen LogP contribution in [-0.4, -0.2) is 42.3 Å². The van der Waals surface area contributed by atoms with Crippen molar-refractivity contribution < 1.29 is 14.6 Å². The Balaban J connectivity index is 2.78. The molecule has 1 rings (SSSR count). The van der Waals surface area contributed by atoms with E-state index in [0.29, 0.717) is 12.5 Å². The molecular weight excluding hydrogens is 220 g/mol. The summed E-state index contributed by atoms with van der Waals surface area (Å²) in [7, 11) is 0. The van der Waals surface area contributed by atoms with E-state index in [4.69, 9.17) is 20.9 Å². The highest BCUT2D eigenvalue weighted by Gasteiger charge is 2.44. The molecule has 0 spiro atoms. The Labute approximate surface area is 103 Å². The molecule has 1 heterocycles. The summed E-state index contributed by atoms with van der Waals surface area (Å²) in [4.78, 5) is 0. The molecule has 1 aliphatic heterocycles. The van der Waals surface area contributed by atoms with Crippen molar-refractivity contribution in [2.75, 3.05) is 6.54 Å². The Bertz CT molecular complexity index is 232. The highest BCUT2D eigenvalue weighted by molar-refractivity contribution is 4.93. The van der Waals surface area contributed by atoms with E-state index in [1.807, 2.05) is 13.8 Å². The van der Waals surface area contributed by atoms with Crippen molar-refractivity contribution in [1.29, 1.82) is 0 Å². The maximum atomic E-state index is 10.1. The first-order valence-corrected chi connectivity index (χ1v) is 6.33. The van der Waals surface area contributed by atoms with Crippen molar-refractivity contribution >= 4 is 0 Å². The van der Waals surface area contributed by atoms with Crippen LogP contribution in [0.5, 0.6) is 0 Å². The molecule has 1 fully saturated rings. The summed E-state index contributed by atoms with van der Waals surface area (Å²) in [6.45, 7) is 8.31. The normalized spacial score (nSPS) is 39.0. The number of hydrogen-bond donors (Lipinski definition) is 3. The van der Waals surface area contributed by atoms with E-state index in [1.54, 1.807) is 0 Å². The van der Waals surface area contributed by atoms with Gasteiger partial charge in [-0.3, -0.25) is 0 Å². The highest BCUT2D eigenvalue weighted by atomic mass is 16.7. The quantitative estimate of drug-likeness (QED) is 0.652. The average Bonchev–Trinajstić information content (AvgIpc) is 2.23. The van der Waals surface area contributed by atoms with Gasteiger partial charge in [0.2, 0.25) is 0 Å². The minimum absolute atomic E-state index is 0.0177. The van der Waals surface area contributed by atoms with E-state index in [0.717, 1.165) is 0 Å². The zero-order chi connectivity index (χ0) is 13.2. The number of rotatable bonds is 4. The second-order valence-electron chi connectivity index (χ2n) is 5.35. The van der Waals surface area contributed by atoms with Gasteiger partial charge < -0.3 is 26.0 Å². The van der Waals surface area contributed by atoms with Crippen LogP contribution < -0.4 is 11.5 Å².